The summed E-state index contributed by atoms with van der Waals surface area (Å²) in [5.41, 5.74) is 1.09. The molecule has 0 heterocycles. The standard InChI is InChI=1S/C20H25NO5/c1-5-24-17-12-14(13-18(25-6-2)19(17)26-7-3)20(22)21-15-8-10-16(23-4)11-9-15/h8-13H,5-7H2,1-4H3,(H,21,22). The third kappa shape index (κ3) is 4.81. The molecule has 0 saturated carbocycles. The molecule has 0 atom stereocenters. The van der Waals surface area contributed by atoms with E-state index >= 15 is 0 Å². The second-order valence-electron chi connectivity index (χ2n) is 5.28. The summed E-state index contributed by atoms with van der Waals surface area (Å²) in [7, 11) is 1.60. The fourth-order valence-electron chi connectivity index (χ4n) is 2.40. The molecular formula is C20H25NO5. The van der Waals surface area contributed by atoms with E-state index in [9.17, 15) is 4.79 Å². The number of rotatable bonds is 9. The van der Waals surface area contributed by atoms with Crippen LogP contribution in [0, 0.1) is 0 Å². The molecule has 2 aromatic rings. The second kappa shape index (κ2) is 9.56. The van der Waals surface area contributed by atoms with Crippen molar-refractivity contribution in [3.05, 3.63) is 42.0 Å². The smallest absolute Gasteiger partial charge is 0.255 e. The van der Waals surface area contributed by atoms with E-state index in [1.54, 1.807) is 43.5 Å². The number of carbonyl (C=O) groups is 1. The number of nitrogens with one attached hydrogen (secondary N) is 1. The van der Waals surface area contributed by atoms with Crippen molar-refractivity contribution >= 4 is 11.6 Å². The van der Waals surface area contributed by atoms with E-state index in [0.717, 1.165) is 5.75 Å². The van der Waals surface area contributed by atoms with E-state index in [1.807, 2.05) is 20.8 Å². The molecule has 2 aromatic carbocycles. The van der Waals surface area contributed by atoms with Crippen molar-refractivity contribution in [1.82, 2.24) is 0 Å². The zero-order valence-electron chi connectivity index (χ0n) is 15.6. The molecule has 1 amide bonds. The third-order valence-corrected chi connectivity index (χ3v) is 3.52. The molecule has 0 bridgehead atoms. The molecule has 0 fully saturated rings. The van der Waals surface area contributed by atoms with Crippen LogP contribution in [0.5, 0.6) is 23.0 Å². The van der Waals surface area contributed by atoms with Gasteiger partial charge in [-0.2, -0.15) is 0 Å². The van der Waals surface area contributed by atoms with E-state index in [0.29, 0.717) is 48.3 Å². The van der Waals surface area contributed by atoms with Crippen LogP contribution in [-0.4, -0.2) is 32.8 Å². The molecule has 0 radical (unpaired) electrons. The highest BCUT2D eigenvalue weighted by molar-refractivity contribution is 6.05. The van der Waals surface area contributed by atoms with Crippen LogP contribution in [0.1, 0.15) is 31.1 Å². The summed E-state index contributed by atoms with van der Waals surface area (Å²) >= 11 is 0. The van der Waals surface area contributed by atoms with Gasteiger partial charge in [0.05, 0.1) is 26.9 Å². The first-order chi connectivity index (χ1) is 12.6. The summed E-state index contributed by atoms with van der Waals surface area (Å²) in [6.07, 6.45) is 0. The molecule has 0 saturated heterocycles. The summed E-state index contributed by atoms with van der Waals surface area (Å²) in [6, 6.07) is 10.4. The lowest BCUT2D eigenvalue weighted by Crippen LogP contribution is -2.13. The van der Waals surface area contributed by atoms with Gasteiger partial charge in [-0.15, -0.1) is 0 Å². The zero-order valence-corrected chi connectivity index (χ0v) is 15.6. The summed E-state index contributed by atoms with van der Waals surface area (Å²) in [5, 5.41) is 2.85. The van der Waals surface area contributed by atoms with Gasteiger partial charge in [-0.25, -0.2) is 0 Å². The largest absolute Gasteiger partial charge is 0.497 e. The predicted molar refractivity (Wildman–Crippen MR) is 101 cm³/mol. The maximum atomic E-state index is 12.7. The minimum atomic E-state index is -0.264. The van der Waals surface area contributed by atoms with E-state index < -0.39 is 0 Å². The summed E-state index contributed by atoms with van der Waals surface area (Å²) < 4.78 is 22.1. The third-order valence-electron chi connectivity index (χ3n) is 3.52. The molecule has 0 spiro atoms. The Labute approximate surface area is 154 Å². The number of methoxy groups -OCH3 is 1. The van der Waals surface area contributed by atoms with E-state index in [1.165, 1.54) is 0 Å². The maximum Gasteiger partial charge on any atom is 0.255 e. The Balaban J connectivity index is 2.32. The van der Waals surface area contributed by atoms with E-state index in [2.05, 4.69) is 5.32 Å². The topological polar surface area (TPSA) is 66.0 Å². The summed E-state index contributed by atoms with van der Waals surface area (Å²) in [5.74, 6) is 1.94. The van der Waals surface area contributed by atoms with Crippen molar-refractivity contribution < 1.29 is 23.7 Å². The SMILES string of the molecule is CCOc1cc(C(=O)Nc2ccc(OC)cc2)cc(OCC)c1OCC. The Kier molecular flexibility index (Phi) is 7.14. The van der Waals surface area contributed by atoms with Gasteiger partial charge in [0, 0.05) is 11.3 Å². The Morgan fingerprint density at radius 2 is 1.42 bits per heavy atom. The van der Waals surface area contributed by atoms with Crippen LogP contribution in [0.4, 0.5) is 5.69 Å². The van der Waals surface area contributed by atoms with Crippen LogP contribution >= 0.6 is 0 Å². The van der Waals surface area contributed by atoms with Crippen LogP contribution < -0.4 is 24.3 Å². The number of hydrogen-bond donors (Lipinski definition) is 1. The van der Waals surface area contributed by atoms with Gasteiger partial charge in [0.2, 0.25) is 5.75 Å². The highest BCUT2D eigenvalue weighted by atomic mass is 16.5. The highest BCUT2D eigenvalue weighted by Gasteiger charge is 2.18. The van der Waals surface area contributed by atoms with Crippen LogP contribution in [0.3, 0.4) is 0 Å². The first-order valence-electron chi connectivity index (χ1n) is 8.64. The molecule has 0 unspecified atom stereocenters. The number of ether oxygens (including phenoxy) is 4. The van der Waals surface area contributed by atoms with Crippen LogP contribution in [-0.2, 0) is 0 Å². The fourth-order valence-corrected chi connectivity index (χ4v) is 2.40. The van der Waals surface area contributed by atoms with Crippen LogP contribution in [0.15, 0.2) is 36.4 Å². The Morgan fingerprint density at radius 3 is 1.88 bits per heavy atom. The molecule has 6 heteroatoms. The van der Waals surface area contributed by atoms with Gasteiger partial charge >= 0.3 is 0 Å². The first-order valence-corrected chi connectivity index (χ1v) is 8.64. The van der Waals surface area contributed by atoms with Gasteiger partial charge in [-0.05, 0) is 57.2 Å². The molecule has 0 aliphatic carbocycles. The summed E-state index contributed by atoms with van der Waals surface area (Å²) in [4.78, 5) is 12.7. The second-order valence-corrected chi connectivity index (χ2v) is 5.28. The van der Waals surface area contributed by atoms with Crippen LogP contribution in [0.25, 0.3) is 0 Å². The average Bonchev–Trinajstić information content (AvgIpc) is 2.65. The molecule has 26 heavy (non-hydrogen) atoms. The normalized spacial score (nSPS) is 10.2. The number of amides is 1. The Hall–Kier alpha value is -2.89. The van der Waals surface area contributed by atoms with Crippen LogP contribution in [0.2, 0.25) is 0 Å². The minimum Gasteiger partial charge on any atom is -0.497 e. The Bertz CT molecular complexity index is 700. The van der Waals surface area contributed by atoms with Gasteiger partial charge in [-0.1, -0.05) is 0 Å². The van der Waals surface area contributed by atoms with Crippen molar-refractivity contribution in [3.8, 4) is 23.0 Å². The van der Waals surface area contributed by atoms with Crippen molar-refractivity contribution in [2.75, 3.05) is 32.2 Å². The first kappa shape index (κ1) is 19.4. The summed E-state index contributed by atoms with van der Waals surface area (Å²) in [6.45, 7) is 7.01. The number of anilines is 1. The number of benzene rings is 2. The monoisotopic (exact) mass is 359 g/mol. The van der Waals surface area contributed by atoms with E-state index in [4.69, 9.17) is 18.9 Å². The lowest BCUT2D eigenvalue weighted by molar-refractivity contribution is 0.102. The van der Waals surface area contributed by atoms with Gasteiger partial charge in [-0.3, -0.25) is 4.79 Å². The lowest BCUT2D eigenvalue weighted by atomic mass is 10.1. The Morgan fingerprint density at radius 1 is 0.885 bits per heavy atom. The molecular weight excluding hydrogens is 334 g/mol. The highest BCUT2D eigenvalue weighted by Crippen LogP contribution is 2.39. The van der Waals surface area contributed by atoms with Gasteiger partial charge in [0.25, 0.3) is 5.91 Å². The van der Waals surface area contributed by atoms with Gasteiger partial charge in [0.1, 0.15) is 5.75 Å². The molecule has 0 aromatic heterocycles. The van der Waals surface area contributed by atoms with Crippen molar-refractivity contribution in [2.45, 2.75) is 20.8 Å². The quantitative estimate of drug-likeness (QED) is 0.729. The number of hydrogen-bond acceptors (Lipinski definition) is 5. The molecule has 2 rings (SSSR count). The lowest BCUT2D eigenvalue weighted by Gasteiger charge is -2.17. The molecule has 140 valence electrons. The predicted octanol–water partition coefficient (Wildman–Crippen LogP) is 4.14. The van der Waals surface area contributed by atoms with E-state index in [-0.39, 0.29) is 5.91 Å². The average molecular weight is 359 g/mol. The fraction of sp³-hybridized carbons (Fsp3) is 0.350. The van der Waals surface area contributed by atoms with Gasteiger partial charge < -0.3 is 24.3 Å². The minimum absolute atomic E-state index is 0.264. The van der Waals surface area contributed by atoms with Crippen molar-refractivity contribution in [2.24, 2.45) is 0 Å². The molecule has 1 N–H and O–H groups in total. The molecule has 0 aliphatic heterocycles. The van der Waals surface area contributed by atoms with Crippen molar-refractivity contribution in [1.29, 1.82) is 0 Å². The van der Waals surface area contributed by atoms with Gasteiger partial charge in [0.15, 0.2) is 11.5 Å². The maximum absolute atomic E-state index is 12.7. The zero-order chi connectivity index (χ0) is 18.9. The van der Waals surface area contributed by atoms with Crippen molar-refractivity contribution in [3.63, 3.8) is 0 Å². The molecule has 0 aliphatic rings. The number of carbonyl (C=O) groups excluding carboxylic acids is 1. The molecule has 6 nitrogen and oxygen atoms in total.